The van der Waals surface area contributed by atoms with Crippen molar-refractivity contribution in [3.63, 3.8) is 0 Å². The summed E-state index contributed by atoms with van der Waals surface area (Å²) in [5.74, 6) is 1.18. The second-order valence-corrected chi connectivity index (χ2v) is 5.55. The fraction of sp³-hybridized carbons (Fsp3) is 0.562. The number of methoxy groups -OCH3 is 1. The maximum absolute atomic E-state index is 12.1. The van der Waals surface area contributed by atoms with Crippen molar-refractivity contribution in [2.24, 2.45) is 5.92 Å². The molecule has 0 aliphatic heterocycles. The average Bonchev–Trinajstić information content (AvgIpc) is 2.41. The summed E-state index contributed by atoms with van der Waals surface area (Å²) in [4.78, 5) is 12.1. The molecule has 1 aliphatic carbocycles. The number of carbonyl (C=O) groups excluding carboxylic acids is 1. The first kappa shape index (κ1) is 15.6. The van der Waals surface area contributed by atoms with Crippen molar-refractivity contribution in [3.05, 3.63) is 18.2 Å². The third-order valence-corrected chi connectivity index (χ3v) is 3.97. The maximum Gasteiger partial charge on any atom is 0.253 e. The molecule has 0 heterocycles. The van der Waals surface area contributed by atoms with Gasteiger partial charge in [0.2, 0.25) is 0 Å². The van der Waals surface area contributed by atoms with Crippen LogP contribution in [0.5, 0.6) is 5.75 Å². The maximum atomic E-state index is 12.1. The van der Waals surface area contributed by atoms with Crippen molar-refractivity contribution >= 4 is 17.3 Å². The summed E-state index contributed by atoms with van der Waals surface area (Å²) in [6.07, 6.45) is 4.47. The summed E-state index contributed by atoms with van der Waals surface area (Å²) < 4.78 is 10.8. The minimum Gasteiger partial charge on any atom is -0.495 e. The van der Waals surface area contributed by atoms with E-state index >= 15 is 0 Å². The van der Waals surface area contributed by atoms with Gasteiger partial charge in [0.15, 0.2) is 0 Å². The van der Waals surface area contributed by atoms with E-state index in [4.69, 9.17) is 15.2 Å². The second kappa shape index (κ2) is 7.31. The summed E-state index contributed by atoms with van der Waals surface area (Å²) in [6.45, 7) is 2.39. The highest BCUT2D eigenvalue weighted by Gasteiger charge is 2.19. The highest BCUT2D eigenvalue weighted by atomic mass is 16.5. The number of nitrogens with one attached hydrogen (secondary N) is 1. The Balaban J connectivity index is 1.83. The lowest BCUT2D eigenvalue weighted by Crippen LogP contribution is -2.29. The van der Waals surface area contributed by atoms with Crippen molar-refractivity contribution in [1.29, 1.82) is 0 Å². The molecule has 1 aromatic rings. The smallest absolute Gasteiger partial charge is 0.253 e. The average molecular weight is 292 g/mol. The molecule has 3 N–H and O–H groups in total. The Morgan fingerprint density at radius 3 is 2.86 bits per heavy atom. The van der Waals surface area contributed by atoms with E-state index < -0.39 is 6.10 Å². The fourth-order valence-electron chi connectivity index (χ4n) is 2.33. The Hall–Kier alpha value is -1.75. The lowest BCUT2D eigenvalue weighted by atomic mass is 9.83. The minimum absolute atomic E-state index is 0.187. The van der Waals surface area contributed by atoms with Gasteiger partial charge in [0.1, 0.15) is 11.9 Å². The third-order valence-electron chi connectivity index (χ3n) is 3.97. The summed E-state index contributed by atoms with van der Waals surface area (Å²) >= 11 is 0. The Bertz CT molecular complexity index is 486. The van der Waals surface area contributed by atoms with E-state index in [1.165, 1.54) is 19.3 Å². The van der Waals surface area contributed by atoms with Crippen LogP contribution in [-0.2, 0) is 9.53 Å². The molecule has 21 heavy (non-hydrogen) atoms. The van der Waals surface area contributed by atoms with Gasteiger partial charge >= 0.3 is 0 Å². The van der Waals surface area contributed by atoms with Crippen molar-refractivity contribution in [1.82, 2.24) is 0 Å². The molecule has 5 heteroatoms. The molecule has 1 aliphatic rings. The molecule has 0 bridgehead atoms. The van der Waals surface area contributed by atoms with Gasteiger partial charge < -0.3 is 20.5 Å². The summed E-state index contributed by atoms with van der Waals surface area (Å²) in [5, 5.41) is 2.80. The van der Waals surface area contributed by atoms with Crippen molar-refractivity contribution in [3.8, 4) is 5.75 Å². The zero-order valence-corrected chi connectivity index (χ0v) is 12.7. The first-order valence-electron chi connectivity index (χ1n) is 7.46. The SMILES string of the molecule is COc1ccc(N)cc1NC(=O)C(C)OCCC1CCC1. The first-order valence-corrected chi connectivity index (χ1v) is 7.46. The van der Waals surface area contributed by atoms with Crippen LogP contribution in [-0.4, -0.2) is 25.7 Å². The molecule has 1 atom stereocenters. The van der Waals surface area contributed by atoms with Crippen molar-refractivity contribution in [2.75, 3.05) is 24.8 Å². The standard InChI is InChI=1S/C16H24N2O3/c1-11(21-9-8-12-4-3-5-12)16(19)18-14-10-13(17)6-7-15(14)20-2/h6-7,10-12H,3-5,8-9,17H2,1-2H3,(H,18,19). The number of anilines is 2. The van der Waals surface area contributed by atoms with Crippen LogP contribution in [0, 0.1) is 5.92 Å². The lowest BCUT2D eigenvalue weighted by molar-refractivity contribution is -0.126. The third kappa shape index (κ3) is 4.36. The van der Waals surface area contributed by atoms with Gasteiger partial charge in [0.05, 0.1) is 12.8 Å². The molecule has 5 nitrogen and oxygen atoms in total. The molecule has 1 unspecified atom stereocenters. The number of benzene rings is 1. The van der Waals surface area contributed by atoms with E-state index in [0.717, 1.165) is 12.3 Å². The van der Waals surface area contributed by atoms with Gasteiger partial charge in [-0.15, -0.1) is 0 Å². The van der Waals surface area contributed by atoms with Crippen LogP contribution in [0.2, 0.25) is 0 Å². The van der Waals surface area contributed by atoms with Gasteiger partial charge in [0.25, 0.3) is 5.91 Å². The van der Waals surface area contributed by atoms with Crippen LogP contribution in [0.15, 0.2) is 18.2 Å². The normalized spacial score (nSPS) is 16.1. The number of rotatable bonds is 7. The fourth-order valence-corrected chi connectivity index (χ4v) is 2.33. The molecule has 1 fully saturated rings. The van der Waals surface area contributed by atoms with Gasteiger partial charge in [-0.1, -0.05) is 19.3 Å². The van der Waals surface area contributed by atoms with Crippen LogP contribution < -0.4 is 15.8 Å². The number of nitrogens with two attached hydrogens (primary N) is 1. The minimum atomic E-state index is -0.490. The molecule has 0 radical (unpaired) electrons. The second-order valence-electron chi connectivity index (χ2n) is 5.55. The monoisotopic (exact) mass is 292 g/mol. The van der Waals surface area contributed by atoms with Crippen LogP contribution in [0.4, 0.5) is 11.4 Å². The summed E-state index contributed by atoms with van der Waals surface area (Å²) in [5.41, 5.74) is 6.87. The Morgan fingerprint density at radius 1 is 1.48 bits per heavy atom. The Kier molecular flexibility index (Phi) is 5.44. The van der Waals surface area contributed by atoms with Crippen LogP contribution >= 0.6 is 0 Å². The molecule has 0 saturated heterocycles. The molecular weight excluding hydrogens is 268 g/mol. The highest BCUT2D eigenvalue weighted by molar-refractivity contribution is 5.95. The number of amides is 1. The van der Waals surface area contributed by atoms with Crippen molar-refractivity contribution in [2.45, 2.75) is 38.7 Å². The Labute approximate surface area is 125 Å². The van der Waals surface area contributed by atoms with Crippen LogP contribution in [0.25, 0.3) is 0 Å². The van der Waals surface area contributed by atoms with E-state index in [2.05, 4.69) is 5.32 Å². The molecule has 2 rings (SSSR count). The van der Waals surface area contributed by atoms with E-state index in [-0.39, 0.29) is 5.91 Å². The van der Waals surface area contributed by atoms with Crippen LogP contribution in [0.3, 0.4) is 0 Å². The molecule has 0 spiro atoms. The number of carbonyl (C=O) groups is 1. The van der Waals surface area contributed by atoms with Gasteiger partial charge in [-0.25, -0.2) is 0 Å². The van der Waals surface area contributed by atoms with Gasteiger partial charge in [-0.2, -0.15) is 0 Å². The molecule has 0 aromatic heterocycles. The predicted molar refractivity (Wildman–Crippen MR) is 83.4 cm³/mol. The Morgan fingerprint density at radius 2 is 2.24 bits per heavy atom. The zero-order valence-electron chi connectivity index (χ0n) is 12.7. The predicted octanol–water partition coefficient (Wildman–Crippen LogP) is 2.81. The van der Waals surface area contributed by atoms with E-state index in [1.807, 2.05) is 0 Å². The van der Waals surface area contributed by atoms with Crippen molar-refractivity contribution < 1.29 is 14.3 Å². The quantitative estimate of drug-likeness (QED) is 0.758. The van der Waals surface area contributed by atoms with E-state index in [0.29, 0.717) is 23.7 Å². The molecule has 1 aromatic carbocycles. The summed E-state index contributed by atoms with van der Waals surface area (Å²) in [7, 11) is 1.56. The number of ether oxygens (including phenoxy) is 2. The van der Waals surface area contributed by atoms with Crippen LogP contribution in [0.1, 0.15) is 32.6 Å². The highest BCUT2D eigenvalue weighted by Crippen LogP contribution is 2.29. The number of hydrogen-bond acceptors (Lipinski definition) is 4. The molecule has 1 saturated carbocycles. The lowest BCUT2D eigenvalue weighted by Gasteiger charge is -2.25. The largest absolute Gasteiger partial charge is 0.495 e. The molecule has 1 amide bonds. The van der Waals surface area contributed by atoms with E-state index in [1.54, 1.807) is 32.2 Å². The van der Waals surface area contributed by atoms with E-state index in [9.17, 15) is 4.79 Å². The first-order chi connectivity index (χ1) is 10.1. The number of hydrogen-bond donors (Lipinski definition) is 2. The van der Waals surface area contributed by atoms with Gasteiger partial charge in [-0.05, 0) is 37.5 Å². The van der Waals surface area contributed by atoms with Gasteiger partial charge in [0, 0.05) is 12.3 Å². The van der Waals surface area contributed by atoms with Gasteiger partial charge in [-0.3, -0.25) is 4.79 Å². The zero-order chi connectivity index (χ0) is 15.2. The topological polar surface area (TPSA) is 73.6 Å². The molecular formula is C16H24N2O3. The summed E-state index contributed by atoms with van der Waals surface area (Å²) in [6, 6.07) is 5.14. The number of nitrogen functional groups attached to an aromatic ring is 1. The molecule has 116 valence electrons.